The van der Waals surface area contributed by atoms with E-state index in [1.165, 1.54) is 23.9 Å². The number of carbonyl (C=O) groups excluding carboxylic acids is 1. The molecular formula is C21H20N4O4S. The van der Waals surface area contributed by atoms with Crippen molar-refractivity contribution in [2.45, 2.75) is 6.92 Å². The Labute approximate surface area is 177 Å². The van der Waals surface area contributed by atoms with E-state index in [1.807, 2.05) is 31.2 Å². The maximum atomic E-state index is 12.5. The van der Waals surface area contributed by atoms with Crippen molar-refractivity contribution < 1.29 is 14.5 Å². The van der Waals surface area contributed by atoms with E-state index in [1.54, 1.807) is 12.1 Å². The molecule has 1 amide bonds. The summed E-state index contributed by atoms with van der Waals surface area (Å²) in [6.07, 6.45) is 1.69. The van der Waals surface area contributed by atoms with E-state index in [4.69, 9.17) is 4.74 Å². The number of ether oxygens (including phenoxy) is 1. The van der Waals surface area contributed by atoms with Crippen molar-refractivity contribution in [3.63, 3.8) is 0 Å². The molecule has 0 radical (unpaired) electrons. The third-order valence-corrected chi connectivity index (χ3v) is 5.69. The Hall–Kier alpha value is -3.17. The maximum Gasteiger partial charge on any atom is 0.270 e. The summed E-state index contributed by atoms with van der Waals surface area (Å²) in [4.78, 5) is 30.3. The second kappa shape index (κ2) is 8.68. The van der Waals surface area contributed by atoms with Crippen LogP contribution in [-0.4, -0.2) is 42.3 Å². The van der Waals surface area contributed by atoms with Gasteiger partial charge in [-0.3, -0.25) is 14.9 Å². The molecule has 0 aromatic heterocycles. The van der Waals surface area contributed by atoms with Gasteiger partial charge >= 0.3 is 0 Å². The van der Waals surface area contributed by atoms with Gasteiger partial charge < -0.3 is 15.0 Å². The fraction of sp³-hybridized carbons (Fsp3) is 0.238. The molecule has 0 aliphatic carbocycles. The zero-order chi connectivity index (χ0) is 21.1. The topological polar surface area (TPSA) is 97.1 Å². The van der Waals surface area contributed by atoms with Gasteiger partial charge in [-0.05, 0) is 43.0 Å². The molecule has 9 heteroatoms. The molecule has 8 nitrogen and oxygen atoms in total. The lowest BCUT2D eigenvalue weighted by Crippen LogP contribution is -2.36. The zero-order valence-electron chi connectivity index (χ0n) is 16.3. The smallest absolute Gasteiger partial charge is 0.270 e. The number of carbonyl (C=O) groups is 1. The quantitative estimate of drug-likeness (QED) is 0.457. The molecular weight excluding hydrogens is 404 g/mol. The molecule has 0 bridgehead atoms. The van der Waals surface area contributed by atoms with Crippen LogP contribution in [0.5, 0.6) is 0 Å². The first-order valence-corrected chi connectivity index (χ1v) is 10.3. The molecule has 0 saturated carbocycles. The summed E-state index contributed by atoms with van der Waals surface area (Å²) in [7, 11) is 0. The lowest BCUT2D eigenvalue weighted by molar-refractivity contribution is -0.384. The molecule has 0 unspecified atom stereocenters. The number of hydrogen-bond donors (Lipinski definition) is 1. The Morgan fingerprint density at radius 2 is 1.93 bits per heavy atom. The first-order chi connectivity index (χ1) is 14.5. The largest absolute Gasteiger partial charge is 0.378 e. The van der Waals surface area contributed by atoms with Crippen molar-refractivity contribution >= 4 is 46.0 Å². The number of aliphatic imine (C=N–C) groups is 1. The highest BCUT2D eigenvalue weighted by atomic mass is 32.2. The Kier molecular flexibility index (Phi) is 5.82. The highest BCUT2D eigenvalue weighted by Crippen LogP contribution is 2.33. The van der Waals surface area contributed by atoms with E-state index in [-0.39, 0.29) is 11.6 Å². The van der Waals surface area contributed by atoms with Gasteiger partial charge in [-0.25, -0.2) is 4.99 Å². The summed E-state index contributed by atoms with van der Waals surface area (Å²) in [5.41, 5.74) is 3.32. The van der Waals surface area contributed by atoms with Gasteiger partial charge in [0.2, 0.25) is 0 Å². The number of nitro benzene ring substituents is 1. The number of aryl methyl sites for hydroxylation is 1. The number of amidine groups is 1. The van der Waals surface area contributed by atoms with Crippen LogP contribution < -0.4 is 10.2 Å². The Morgan fingerprint density at radius 1 is 1.20 bits per heavy atom. The van der Waals surface area contributed by atoms with Crippen LogP contribution in [0.1, 0.15) is 11.1 Å². The van der Waals surface area contributed by atoms with Crippen LogP contribution in [-0.2, 0) is 9.53 Å². The summed E-state index contributed by atoms with van der Waals surface area (Å²) in [6.45, 7) is 4.56. The van der Waals surface area contributed by atoms with Crippen LogP contribution in [0.2, 0.25) is 0 Å². The van der Waals surface area contributed by atoms with Crippen molar-refractivity contribution in [1.82, 2.24) is 5.32 Å². The number of morpholine rings is 1. The number of nitrogens with zero attached hydrogens (tertiary/aromatic N) is 3. The number of nitro groups is 1. The van der Waals surface area contributed by atoms with E-state index in [9.17, 15) is 14.9 Å². The highest BCUT2D eigenvalue weighted by Gasteiger charge is 2.25. The average molecular weight is 424 g/mol. The second-order valence-electron chi connectivity index (χ2n) is 6.92. The van der Waals surface area contributed by atoms with Gasteiger partial charge in [0, 0.05) is 36.5 Å². The second-order valence-corrected chi connectivity index (χ2v) is 7.95. The molecule has 2 heterocycles. The minimum absolute atomic E-state index is 0.0178. The van der Waals surface area contributed by atoms with Crippen molar-refractivity contribution in [3.8, 4) is 0 Å². The number of thioether (sulfide) groups is 1. The SMILES string of the molecule is Cc1ccc(N=C2NC(=O)/C(=C\c3cc([N+](=O)[O-])ccc3N3CCOCC3)S2)cc1. The van der Waals surface area contributed by atoms with Gasteiger partial charge in [0.1, 0.15) is 0 Å². The molecule has 2 aromatic carbocycles. The molecule has 1 N–H and O–H groups in total. The number of hydrogen-bond acceptors (Lipinski definition) is 7. The molecule has 30 heavy (non-hydrogen) atoms. The lowest BCUT2D eigenvalue weighted by Gasteiger charge is -2.30. The third kappa shape index (κ3) is 4.52. The zero-order valence-corrected chi connectivity index (χ0v) is 17.1. The van der Waals surface area contributed by atoms with Crippen LogP contribution in [0, 0.1) is 17.0 Å². The summed E-state index contributed by atoms with van der Waals surface area (Å²) in [5, 5.41) is 14.5. The third-order valence-electron chi connectivity index (χ3n) is 4.78. The average Bonchev–Trinajstić information content (AvgIpc) is 3.09. The number of rotatable bonds is 4. The maximum absolute atomic E-state index is 12.5. The van der Waals surface area contributed by atoms with Crippen LogP contribution in [0.25, 0.3) is 6.08 Å². The predicted molar refractivity (Wildman–Crippen MR) is 118 cm³/mol. The summed E-state index contributed by atoms with van der Waals surface area (Å²) in [5.74, 6) is -0.273. The minimum atomic E-state index is -0.433. The Balaban J connectivity index is 1.65. The fourth-order valence-corrected chi connectivity index (χ4v) is 4.05. The van der Waals surface area contributed by atoms with Crippen molar-refractivity contribution in [3.05, 3.63) is 68.6 Å². The van der Waals surface area contributed by atoms with E-state index in [2.05, 4.69) is 15.2 Å². The molecule has 2 aliphatic rings. The van der Waals surface area contributed by atoms with Gasteiger partial charge in [-0.2, -0.15) is 0 Å². The van der Waals surface area contributed by atoms with Gasteiger partial charge in [0.15, 0.2) is 5.17 Å². The van der Waals surface area contributed by atoms with Crippen molar-refractivity contribution in [2.75, 3.05) is 31.2 Å². The van der Waals surface area contributed by atoms with Gasteiger partial charge in [-0.15, -0.1) is 0 Å². The monoisotopic (exact) mass is 424 g/mol. The van der Waals surface area contributed by atoms with Crippen molar-refractivity contribution in [2.24, 2.45) is 4.99 Å². The molecule has 2 aliphatic heterocycles. The van der Waals surface area contributed by atoms with Gasteiger partial charge in [0.05, 0.1) is 28.7 Å². The summed E-state index contributed by atoms with van der Waals surface area (Å²) < 4.78 is 5.40. The number of amides is 1. The molecule has 2 saturated heterocycles. The standard InChI is InChI=1S/C21H20N4O4S/c1-14-2-4-16(5-3-14)22-21-23-20(26)19(30-21)13-15-12-17(25(27)28)6-7-18(15)24-8-10-29-11-9-24/h2-7,12-13H,8-11H2,1H3,(H,22,23,26)/b19-13+. The molecule has 2 aromatic rings. The van der Waals surface area contributed by atoms with Crippen LogP contribution >= 0.6 is 11.8 Å². The van der Waals surface area contributed by atoms with Crippen LogP contribution in [0.15, 0.2) is 52.4 Å². The van der Waals surface area contributed by atoms with E-state index in [0.29, 0.717) is 41.9 Å². The minimum Gasteiger partial charge on any atom is -0.378 e. The van der Waals surface area contributed by atoms with E-state index in [0.717, 1.165) is 16.9 Å². The van der Waals surface area contributed by atoms with Crippen LogP contribution in [0.3, 0.4) is 0 Å². The molecule has 0 spiro atoms. The molecule has 154 valence electrons. The number of anilines is 1. The normalized spacial score (nSPS) is 19.4. The number of benzene rings is 2. The first kappa shape index (κ1) is 20.1. The lowest BCUT2D eigenvalue weighted by atomic mass is 10.1. The van der Waals surface area contributed by atoms with E-state index >= 15 is 0 Å². The molecule has 0 atom stereocenters. The predicted octanol–water partition coefficient (Wildman–Crippen LogP) is 3.63. The van der Waals surface area contributed by atoms with Gasteiger partial charge in [-0.1, -0.05) is 17.7 Å². The molecule has 4 rings (SSSR count). The first-order valence-electron chi connectivity index (χ1n) is 9.47. The number of non-ortho nitro benzene ring substituents is 1. The van der Waals surface area contributed by atoms with Gasteiger partial charge in [0.25, 0.3) is 11.6 Å². The fourth-order valence-electron chi connectivity index (χ4n) is 3.22. The Bertz CT molecular complexity index is 1040. The van der Waals surface area contributed by atoms with Crippen LogP contribution in [0.4, 0.5) is 17.1 Å². The molecule has 2 fully saturated rings. The number of nitrogens with one attached hydrogen (secondary N) is 1. The Morgan fingerprint density at radius 3 is 2.63 bits per heavy atom. The summed E-state index contributed by atoms with van der Waals surface area (Å²) in [6, 6.07) is 12.4. The summed E-state index contributed by atoms with van der Waals surface area (Å²) >= 11 is 1.22. The van der Waals surface area contributed by atoms with E-state index < -0.39 is 4.92 Å². The van der Waals surface area contributed by atoms with Crippen molar-refractivity contribution in [1.29, 1.82) is 0 Å². The highest BCUT2D eigenvalue weighted by molar-refractivity contribution is 8.18.